The highest BCUT2D eigenvalue weighted by Crippen LogP contribution is 2.24. The van der Waals surface area contributed by atoms with E-state index in [1.807, 2.05) is 36.4 Å². The third-order valence-electron chi connectivity index (χ3n) is 6.07. The minimum absolute atomic E-state index is 0.0877. The fourth-order valence-corrected chi connectivity index (χ4v) is 5.18. The third-order valence-corrected chi connectivity index (χ3v) is 7.03. The number of para-hydroxylation sites is 2. The van der Waals surface area contributed by atoms with E-state index in [2.05, 4.69) is 0 Å². The number of hydrogen-bond acceptors (Lipinski definition) is 7. The van der Waals surface area contributed by atoms with Gasteiger partial charge in [-0.25, -0.2) is 4.98 Å². The van der Waals surface area contributed by atoms with E-state index in [0.29, 0.717) is 41.5 Å². The van der Waals surface area contributed by atoms with Gasteiger partial charge < -0.3 is 14.4 Å². The highest BCUT2D eigenvalue weighted by molar-refractivity contribution is 7.99. The summed E-state index contributed by atoms with van der Waals surface area (Å²) < 4.78 is 12.2. The predicted octanol–water partition coefficient (Wildman–Crippen LogP) is 3.35. The van der Waals surface area contributed by atoms with E-state index in [0.717, 1.165) is 18.4 Å². The van der Waals surface area contributed by atoms with Crippen LogP contribution in [-0.2, 0) is 20.9 Å². The van der Waals surface area contributed by atoms with Crippen molar-refractivity contribution in [3.05, 3.63) is 64.4 Å². The first-order valence-corrected chi connectivity index (χ1v) is 12.7. The molecule has 35 heavy (non-hydrogen) atoms. The Morgan fingerprint density at radius 3 is 2.71 bits per heavy atom. The Kier molecular flexibility index (Phi) is 8.07. The van der Waals surface area contributed by atoms with E-state index in [9.17, 15) is 14.4 Å². The van der Waals surface area contributed by atoms with E-state index in [-0.39, 0.29) is 35.7 Å². The van der Waals surface area contributed by atoms with Gasteiger partial charge >= 0.3 is 5.97 Å². The lowest BCUT2D eigenvalue weighted by atomic mass is 9.98. The summed E-state index contributed by atoms with van der Waals surface area (Å²) in [7, 11) is 1.59. The van der Waals surface area contributed by atoms with Gasteiger partial charge in [0.1, 0.15) is 5.75 Å². The van der Waals surface area contributed by atoms with Crippen LogP contribution < -0.4 is 10.3 Å². The van der Waals surface area contributed by atoms with Gasteiger partial charge in [-0.1, -0.05) is 42.1 Å². The van der Waals surface area contributed by atoms with E-state index in [1.54, 1.807) is 35.6 Å². The Bertz CT molecular complexity index is 1280. The summed E-state index contributed by atoms with van der Waals surface area (Å²) in [6.45, 7) is 3.34. The van der Waals surface area contributed by atoms with Gasteiger partial charge in [-0.15, -0.1) is 0 Å². The summed E-state index contributed by atoms with van der Waals surface area (Å²) in [4.78, 5) is 45.0. The highest BCUT2D eigenvalue weighted by Gasteiger charge is 2.29. The number of esters is 1. The number of carbonyl (C=O) groups is 2. The average Bonchev–Trinajstić information content (AvgIpc) is 2.89. The van der Waals surface area contributed by atoms with Crippen molar-refractivity contribution in [3.8, 4) is 5.75 Å². The minimum atomic E-state index is -0.292. The van der Waals surface area contributed by atoms with Gasteiger partial charge in [-0.05, 0) is 38.0 Å². The second-order valence-electron chi connectivity index (χ2n) is 8.33. The first-order valence-electron chi connectivity index (χ1n) is 11.7. The van der Waals surface area contributed by atoms with Gasteiger partial charge in [0.25, 0.3) is 5.56 Å². The van der Waals surface area contributed by atoms with Crippen molar-refractivity contribution >= 4 is 34.5 Å². The normalized spacial score (nSPS) is 15.7. The molecule has 0 bridgehead atoms. The molecule has 9 heteroatoms. The zero-order valence-corrected chi connectivity index (χ0v) is 20.8. The molecule has 2 aromatic carbocycles. The van der Waals surface area contributed by atoms with Crippen molar-refractivity contribution in [2.75, 3.05) is 32.6 Å². The maximum Gasteiger partial charge on any atom is 0.310 e. The Morgan fingerprint density at radius 1 is 1.14 bits per heavy atom. The van der Waals surface area contributed by atoms with Gasteiger partial charge in [0, 0.05) is 18.7 Å². The van der Waals surface area contributed by atoms with Crippen molar-refractivity contribution in [1.82, 2.24) is 14.5 Å². The van der Waals surface area contributed by atoms with Crippen LogP contribution in [0.25, 0.3) is 10.9 Å². The van der Waals surface area contributed by atoms with Crippen LogP contribution >= 0.6 is 11.8 Å². The molecule has 1 amide bonds. The van der Waals surface area contributed by atoms with E-state index < -0.39 is 0 Å². The number of likely N-dealkylation sites (tertiary alicyclic amines) is 1. The summed E-state index contributed by atoms with van der Waals surface area (Å²) in [5.41, 5.74) is 1.26. The number of aromatic nitrogens is 2. The molecular weight excluding hydrogens is 466 g/mol. The molecule has 1 unspecified atom stereocenters. The second-order valence-corrected chi connectivity index (χ2v) is 9.28. The molecule has 0 saturated carbocycles. The number of methoxy groups -OCH3 is 1. The fourth-order valence-electron chi connectivity index (χ4n) is 4.27. The van der Waals surface area contributed by atoms with Gasteiger partial charge in [0.2, 0.25) is 5.91 Å². The molecule has 0 aliphatic carbocycles. The molecule has 0 N–H and O–H groups in total. The number of hydrogen-bond donors (Lipinski definition) is 0. The molecule has 1 atom stereocenters. The van der Waals surface area contributed by atoms with Crippen LogP contribution in [0.1, 0.15) is 25.3 Å². The number of carbonyl (C=O) groups excluding carboxylic acids is 2. The molecule has 3 aromatic rings. The second kappa shape index (κ2) is 11.4. The number of benzene rings is 2. The number of fused-ring (bicyclic) bond motifs is 1. The van der Waals surface area contributed by atoms with Crippen LogP contribution in [0.5, 0.6) is 5.75 Å². The number of ether oxygens (including phenoxy) is 2. The van der Waals surface area contributed by atoms with Crippen LogP contribution in [0.4, 0.5) is 0 Å². The van der Waals surface area contributed by atoms with Gasteiger partial charge in [-0.3, -0.25) is 19.0 Å². The maximum absolute atomic E-state index is 13.4. The SMILES string of the molecule is CCOC(=O)C1CCCN(C(=O)CSc2nc3ccccc3c(=O)n2Cc2ccccc2OC)C1. The third kappa shape index (κ3) is 5.67. The molecule has 1 fully saturated rings. The van der Waals surface area contributed by atoms with E-state index >= 15 is 0 Å². The van der Waals surface area contributed by atoms with Crippen LogP contribution in [0.3, 0.4) is 0 Å². The van der Waals surface area contributed by atoms with Crippen molar-refractivity contribution in [2.24, 2.45) is 5.92 Å². The largest absolute Gasteiger partial charge is 0.496 e. The minimum Gasteiger partial charge on any atom is -0.496 e. The molecule has 1 aromatic heterocycles. The lowest BCUT2D eigenvalue weighted by Crippen LogP contribution is -2.43. The molecule has 8 nitrogen and oxygen atoms in total. The molecule has 0 radical (unpaired) electrons. The number of rotatable bonds is 8. The number of thioether (sulfide) groups is 1. The number of amides is 1. The fraction of sp³-hybridized carbons (Fsp3) is 0.385. The maximum atomic E-state index is 13.4. The predicted molar refractivity (Wildman–Crippen MR) is 135 cm³/mol. The van der Waals surface area contributed by atoms with Crippen molar-refractivity contribution in [1.29, 1.82) is 0 Å². The molecule has 184 valence electrons. The highest BCUT2D eigenvalue weighted by atomic mass is 32.2. The van der Waals surface area contributed by atoms with Crippen molar-refractivity contribution < 1.29 is 19.1 Å². The Morgan fingerprint density at radius 2 is 1.91 bits per heavy atom. The number of piperidine rings is 1. The number of nitrogens with zero attached hydrogens (tertiary/aromatic N) is 3. The molecule has 0 spiro atoms. The van der Waals surface area contributed by atoms with Crippen LogP contribution in [0.2, 0.25) is 0 Å². The van der Waals surface area contributed by atoms with Gasteiger partial charge in [-0.2, -0.15) is 0 Å². The molecule has 2 heterocycles. The Hall–Kier alpha value is -3.33. The van der Waals surface area contributed by atoms with Gasteiger partial charge in [0.05, 0.1) is 42.8 Å². The smallest absolute Gasteiger partial charge is 0.310 e. The molecule has 1 aliphatic heterocycles. The zero-order valence-electron chi connectivity index (χ0n) is 19.9. The van der Waals surface area contributed by atoms with Crippen LogP contribution in [0.15, 0.2) is 58.5 Å². The van der Waals surface area contributed by atoms with Crippen molar-refractivity contribution in [3.63, 3.8) is 0 Å². The first-order chi connectivity index (χ1) is 17.0. The molecular formula is C26H29N3O5S. The van der Waals surface area contributed by atoms with E-state index in [4.69, 9.17) is 14.5 Å². The summed E-state index contributed by atoms with van der Waals surface area (Å²) in [5, 5.41) is 0.985. The zero-order chi connectivity index (χ0) is 24.8. The average molecular weight is 496 g/mol. The quantitative estimate of drug-likeness (QED) is 0.269. The summed E-state index contributed by atoms with van der Waals surface area (Å²) in [6, 6.07) is 14.7. The Balaban J connectivity index is 1.57. The van der Waals surface area contributed by atoms with Crippen LogP contribution in [0, 0.1) is 5.92 Å². The standard InChI is InChI=1S/C26H29N3O5S/c1-3-34-25(32)19-10-8-14-28(15-19)23(30)17-35-26-27-21-12-6-5-11-20(21)24(31)29(26)16-18-9-4-7-13-22(18)33-2/h4-7,9,11-13,19H,3,8,10,14-17H2,1-2H3. The first kappa shape index (κ1) is 24.8. The molecule has 1 aliphatic rings. The lowest BCUT2D eigenvalue weighted by Gasteiger charge is -2.31. The van der Waals surface area contributed by atoms with Crippen LogP contribution in [-0.4, -0.2) is 58.9 Å². The molecule has 4 rings (SSSR count). The lowest BCUT2D eigenvalue weighted by molar-refractivity contribution is -0.151. The van der Waals surface area contributed by atoms with E-state index in [1.165, 1.54) is 11.8 Å². The molecule has 1 saturated heterocycles. The topological polar surface area (TPSA) is 90.7 Å². The summed E-state index contributed by atoms with van der Waals surface area (Å²) in [6.07, 6.45) is 1.48. The monoisotopic (exact) mass is 495 g/mol. The summed E-state index contributed by atoms with van der Waals surface area (Å²) in [5.74, 6) is 0.166. The van der Waals surface area contributed by atoms with Gasteiger partial charge in [0.15, 0.2) is 5.16 Å². The van der Waals surface area contributed by atoms with Crippen molar-refractivity contribution in [2.45, 2.75) is 31.5 Å². The Labute approximate surface area is 208 Å². The summed E-state index contributed by atoms with van der Waals surface area (Å²) >= 11 is 1.23.